The van der Waals surface area contributed by atoms with Crippen molar-refractivity contribution in [3.05, 3.63) is 70.4 Å². The molecule has 1 aliphatic rings. The molecule has 0 atom stereocenters. The number of nitrogens with zero attached hydrogens (tertiary/aromatic N) is 1. The Morgan fingerprint density at radius 3 is 2.38 bits per heavy atom. The molecule has 3 rings (SSSR count). The highest BCUT2D eigenvalue weighted by molar-refractivity contribution is 6.53. The third kappa shape index (κ3) is 5.46. The quantitative estimate of drug-likeness (QED) is 0.297. The molecule has 2 aromatic rings. The van der Waals surface area contributed by atoms with E-state index in [-0.39, 0.29) is 40.8 Å². The van der Waals surface area contributed by atoms with E-state index in [0.29, 0.717) is 18.5 Å². The molecule has 0 radical (unpaired) electrons. The van der Waals surface area contributed by atoms with E-state index in [0.717, 1.165) is 11.3 Å². The highest BCUT2D eigenvalue weighted by Gasteiger charge is 2.40. The van der Waals surface area contributed by atoms with Gasteiger partial charge in [-0.1, -0.05) is 50.1 Å². The molecule has 1 heterocycles. The van der Waals surface area contributed by atoms with E-state index in [1.807, 2.05) is 13.8 Å². The minimum absolute atomic E-state index is 0.0749. The molecule has 0 unspecified atom stereocenters. The van der Waals surface area contributed by atoms with Crippen LogP contribution in [-0.4, -0.2) is 37.0 Å². The molecule has 0 saturated carbocycles. The Morgan fingerprint density at radius 2 is 1.65 bits per heavy atom. The second-order valence-corrected chi connectivity index (χ2v) is 7.86. The van der Waals surface area contributed by atoms with Gasteiger partial charge in [0, 0.05) is 5.69 Å². The molecule has 34 heavy (non-hydrogen) atoms. The van der Waals surface area contributed by atoms with Gasteiger partial charge in [-0.05, 0) is 43.2 Å². The molecule has 2 aromatic carbocycles. The molecule has 9 heteroatoms. The van der Waals surface area contributed by atoms with Gasteiger partial charge in [-0.25, -0.2) is 14.5 Å². The van der Waals surface area contributed by atoms with Crippen LogP contribution in [0.15, 0.2) is 59.3 Å². The Bertz CT molecular complexity index is 1140. The molecule has 0 spiro atoms. The Kier molecular flexibility index (Phi) is 8.43. The number of nitrogens with one attached hydrogen (secondary N) is 1. The SMILES string of the molecule is CCCCOC(=O)c1ccccc1N1C(=O)C(Cl)=C(Nc2cccc(C(=O)OCCC)c2)C1=O. The average molecular weight is 485 g/mol. The lowest BCUT2D eigenvalue weighted by Crippen LogP contribution is -2.33. The number of hydrogen-bond donors (Lipinski definition) is 1. The summed E-state index contributed by atoms with van der Waals surface area (Å²) in [6.07, 6.45) is 2.23. The maximum atomic E-state index is 13.2. The van der Waals surface area contributed by atoms with Crippen molar-refractivity contribution in [2.45, 2.75) is 33.1 Å². The van der Waals surface area contributed by atoms with Gasteiger partial charge in [0.1, 0.15) is 10.7 Å². The molecule has 2 amide bonds. The smallest absolute Gasteiger partial charge is 0.340 e. The number of carbonyl (C=O) groups is 4. The van der Waals surface area contributed by atoms with Gasteiger partial charge in [0.05, 0.1) is 30.0 Å². The Morgan fingerprint density at radius 1 is 0.912 bits per heavy atom. The molecule has 8 nitrogen and oxygen atoms in total. The number of unbranched alkanes of at least 4 members (excludes halogenated alkanes) is 1. The average Bonchev–Trinajstić information content (AvgIpc) is 3.05. The zero-order valence-electron chi connectivity index (χ0n) is 18.9. The van der Waals surface area contributed by atoms with Gasteiger partial charge >= 0.3 is 11.9 Å². The number of benzene rings is 2. The molecule has 0 aromatic heterocycles. The van der Waals surface area contributed by atoms with Crippen molar-refractivity contribution in [2.75, 3.05) is 23.4 Å². The molecule has 178 valence electrons. The fourth-order valence-corrected chi connectivity index (χ4v) is 3.42. The van der Waals surface area contributed by atoms with E-state index < -0.39 is 23.8 Å². The Labute approximate surface area is 202 Å². The first kappa shape index (κ1) is 25.0. The van der Waals surface area contributed by atoms with Crippen LogP contribution >= 0.6 is 11.6 Å². The van der Waals surface area contributed by atoms with Crippen LogP contribution in [0.25, 0.3) is 0 Å². The molecule has 0 aliphatic carbocycles. The van der Waals surface area contributed by atoms with Crippen LogP contribution in [0.5, 0.6) is 0 Å². The summed E-state index contributed by atoms with van der Waals surface area (Å²) in [5.41, 5.74) is 0.635. The Hall–Kier alpha value is -3.65. The van der Waals surface area contributed by atoms with Gasteiger partial charge in [0.2, 0.25) is 0 Å². The predicted octanol–water partition coefficient (Wildman–Crippen LogP) is 4.65. The first-order valence-electron chi connectivity index (χ1n) is 11.0. The van der Waals surface area contributed by atoms with Crippen molar-refractivity contribution < 1.29 is 28.7 Å². The highest BCUT2D eigenvalue weighted by Crippen LogP contribution is 2.32. The van der Waals surface area contributed by atoms with Gasteiger partial charge in [0.25, 0.3) is 11.8 Å². The molecular formula is C25H25ClN2O6. The van der Waals surface area contributed by atoms with E-state index in [2.05, 4.69) is 5.32 Å². The number of halogens is 1. The number of imide groups is 1. The number of para-hydroxylation sites is 1. The first-order valence-corrected chi connectivity index (χ1v) is 11.4. The van der Waals surface area contributed by atoms with E-state index in [4.69, 9.17) is 21.1 Å². The predicted molar refractivity (Wildman–Crippen MR) is 128 cm³/mol. The van der Waals surface area contributed by atoms with Crippen LogP contribution in [0, 0.1) is 0 Å². The lowest BCUT2D eigenvalue weighted by molar-refractivity contribution is -0.120. The van der Waals surface area contributed by atoms with Crippen molar-refractivity contribution in [1.29, 1.82) is 0 Å². The second kappa shape index (κ2) is 11.5. The lowest BCUT2D eigenvalue weighted by Gasteiger charge is -2.18. The second-order valence-electron chi connectivity index (χ2n) is 7.48. The first-order chi connectivity index (χ1) is 16.4. The topological polar surface area (TPSA) is 102 Å². The van der Waals surface area contributed by atoms with Crippen LogP contribution in [0.2, 0.25) is 0 Å². The fraction of sp³-hybridized carbons (Fsp3) is 0.280. The summed E-state index contributed by atoms with van der Waals surface area (Å²) >= 11 is 6.22. The van der Waals surface area contributed by atoms with Crippen molar-refractivity contribution in [1.82, 2.24) is 0 Å². The van der Waals surface area contributed by atoms with Crippen LogP contribution < -0.4 is 10.2 Å². The van der Waals surface area contributed by atoms with Crippen LogP contribution in [0.3, 0.4) is 0 Å². The summed E-state index contributed by atoms with van der Waals surface area (Å²) in [6.45, 7) is 4.37. The summed E-state index contributed by atoms with van der Waals surface area (Å²) < 4.78 is 10.4. The van der Waals surface area contributed by atoms with Gasteiger partial charge < -0.3 is 14.8 Å². The minimum Gasteiger partial charge on any atom is -0.462 e. The number of esters is 2. The van der Waals surface area contributed by atoms with Crippen molar-refractivity contribution in [3.63, 3.8) is 0 Å². The molecular weight excluding hydrogens is 460 g/mol. The monoisotopic (exact) mass is 484 g/mol. The van der Waals surface area contributed by atoms with Crippen molar-refractivity contribution in [2.24, 2.45) is 0 Å². The van der Waals surface area contributed by atoms with Crippen LogP contribution in [0.4, 0.5) is 11.4 Å². The number of ether oxygens (including phenoxy) is 2. The zero-order valence-corrected chi connectivity index (χ0v) is 19.7. The van der Waals surface area contributed by atoms with E-state index in [1.165, 1.54) is 18.2 Å². The summed E-state index contributed by atoms with van der Waals surface area (Å²) in [5, 5.41) is 2.49. The van der Waals surface area contributed by atoms with Crippen molar-refractivity contribution in [3.8, 4) is 0 Å². The summed E-state index contributed by atoms with van der Waals surface area (Å²) in [6, 6.07) is 12.5. The van der Waals surface area contributed by atoms with Gasteiger partial charge in [-0.2, -0.15) is 0 Å². The highest BCUT2D eigenvalue weighted by atomic mass is 35.5. The summed E-state index contributed by atoms with van der Waals surface area (Å²) in [5.74, 6) is -2.65. The minimum atomic E-state index is -0.776. The summed E-state index contributed by atoms with van der Waals surface area (Å²) in [4.78, 5) is 51.6. The number of rotatable bonds is 10. The van der Waals surface area contributed by atoms with Gasteiger partial charge in [0.15, 0.2) is 0 Å². The molecule has 0 fully saturated rings. The molecule has 1 N–H and O–H groups in total. The number of hydrogen-bond acceptors (Lipinski definition) is 7. The molecule has 1 aliphatic heterocycles. The van der Waals surface area contributed by atoms with Gasteiger partial charge in [-0.3, -0.25) is 9.59 Å². The fourth-order valence-electron chi connectivity index (χ4n) is 3.20. The summed E-state index contributed by atoms with van der Waals surface area (Å²) in [7, 11) is 0. The van der Waals surface area contributed by atoms with E-state index in [9.17, 15) is 19.2 Å². The number of anilines is 2. The Balaban J connectivity index is 1.84. The number of amides is 2. The third-order valence-electron chi connectivity index (χ3n) is 4.93. The maximum absolute atomic E-state index is 13.2. The van der Waals surface area contributed by atoms with E-state index in [1.54, 1.807) is 30.3 Å². The van der Waals surface area contributed by atoms with E-state index >= 15 is 0 Å². The lowest BCUT2D eigenvalue weighted by atomic mass is 10.1. The van der Waals surface area contributed by atoms with Gasteiger partial charge in [-0.15, -0.1) is 0 Å². The third-order valence-corrected chi connectivity index (χ3v) is 5.28. The maximum Gasteiger partial charge on any atom is 0.340 e. The number of carbonyl (C=O) groups excluding carboxylic acids is 4. The van der Waals surface area contributed by atoms with Crippen LogP contribution in [0.1, 0.15) is 53.8 Å². The molecule has 0 saturated heterocycles. The largest absolute Gasteiger partial charge is 0.462 e. The standard InChI is InChI=1S/C25H25ClN2O6/c1-3-5-14-34-25(32)18-11-6-7-12-19(18)28-22(29)20(26)21(23(28)30)27-17-10-8-9-16(15-17)24(31)33-13-4-2/h6-12,15,27H,3-5,13-14H2,1-2H3. The van der Waals surface area contributed by atoms with Crippen LogP contribution in [-0.2, 0) is 19.1 Å². The zero-order chi connectivity index (χ0) is 24.7. The molecule has 0 bridgehead atoms. The van der Waals surface area contributed by atoms with Crippen molar-refractivity contribution >= 4 is 46.7 Å². The normalized spacial score (nSPS) is 13.3.